The first kappa shape index (κ1) is 13.3. The Morgan fingerprint density at radius 3 is 2.45 bits per heavy atom. The molecular weight excluding hydrogens is 253 g/mol. The molecule has 0 atom stereocenters. The number of rotatable bonds is 4. The molecule has 0 saturated carbocycles. The molecule has 1 aliphatic rings. The van der Waals surface area contributed by atoms with Gasteiger partial charge in [-0.2, -0.15) is 0 Å². The van der Waals surface area contributed by atoms with E-state index in [9.17, 15) is 4.39 Å². The Hall–Kier alpha value is -1.71. The van der Waals surface area contributed by atoms with E-state index in [0.29, 0.717) is 18.2 Å². The fraction of sp³-hybridized carbons (Fsp3) is 0.294. The van der Waals surface area contributed by atoms with Gasteiger partial charge < -0.3 is 10.4 Å². The number of aliphatic hydroxyl groups excluding tert-OH is 1. The van der Waals surface area contributed by atoms with E-state index in [1.807, 2.05) is 0 Å². The number of benzene rings is 2. The van der Waals surface area contributed by atoms with Crippen LogP contribution in [0.4, 0.5) is 4.39 Å². The van der Waals surface area contributed by atoms with Crippen LogP contribution < -0.4 is 5.32 Å². The third-order valence-electron chi connectivity index (χ3n) is 3.93. The first-order valence-electron chi connectivity index (χ1n) is 6.94. The largest absolute Gasteiger partial charge is 0.392 e. The van der Waals surface area contributed by atoms with Crippen LogP contribution in [0.2, 0.25) is 0 Å². The predicted molar refractivity (Wildman–Crippen MR) is 76.8 cm³/mol. The molecule has 2 aromatic rings. The summed E-state index contributed by atoms with van der Waals surface area (Å²) in [5.74, 6) is -0.343. The van der Waals surface area contributed by atoms with Gasteiger partial charge in [0.05, 0.1) is 6.61 Å². The average Bonchev–Trinajstić information content (AvgIpc) is 2.89. The molecule has 1 aliphatic carbocycles. The van der Waals surface area contributed by atoms with E-state index >= 15 is 0 Å². The monoisotopic (exact) mass is 271 g/mol. The van der Waals surface area contributed by atoms with Gasteiger partial charge in [-0.15, -0.1) is 0 Å². The predicted octanol–water partition coefficient (Wildman–Crippen LogP) is 2.58. The van der Waals surface area contributed by atoms with Gasteiger partial charge >= 0.3 is 0 Å². The van der Waals surface area contributed by atoms with E-state index in [4.69, 9.17) is 5.11 Å². The SMILES string of the molecule is OCc1cc(CNC2Cc3ccccc3C2)ccc1F. The van der Waals surface area contributed by atoms with Crippen molar-refractivity contribution in [1.82, 2.24) is 5.32 Å². The van der Waals surface area contributed by atoms with E-state index < -0.39 is 0 Å². The number of fused-ring (bicyclic) bond motifs is 1. The lowest BCUT2D eigenvalue weighted by atomic mass is 10.1. The topological polar surface area (TPSA) is 32.3 Å². The molecule has 0 heterocycles. The lowest BCUT2D eigenvalue weighted by Gasteiger charge is -2.12. The quantitative estimate of drug-likeness (QED) is 0.896. The minimum atomic E-state index is -0.343. The van der Waals surface area contributed by atoms with Crippen molar-refractivity contribution < 1.29 is 9.50 Å². The van der Waals surface area contributed by atoms with E-state index in [1.165, 1.54) is 17.2 Å². The van der Waals surface area contributed by atoms with Crippen LogP contribution in [0.5, 0.6) is 0 Å². The van der Waals surface area contributed by atoms with Crippen molar-refractivity contribution in [2.24, 2.45) is 0 Å². The molecule has 0 spiro atoms. The highest BCUT2D eigenvalue weighted by Crippen LogP contribution is 2.22. The van der Waals surface area contributed by atoms with Crippen LogP contribution in [-0.4, -0.2) is 11.1 Å². The molecule has 0 bridgehead atoms. The zero-order valence-corrected chi connectivity index (χ0v) is 11.3. The van der Waals surface area contributed by atoms with Gasteiger partial charge in [-0.3, -0.25) is 0 Å². The minimum absolute atomic E-state index is 0.255. The molecule has 0 aliphatic heterocycles. The summed E-state index contributed by atoms with van der Waals surface area (Å²) in [5, 5.41) is 12.6. The number of nitrogens with one attached hydrogen (secondary N) is 1. The molecule has 0 fully saturated rings. The highest BCUT2D eigenvalue weighted by atomic mass is 19.1. The Kier molecular flexibility index (Phi) is 3.81. The molecule has 0 saturated heterocycles. The van der Waals surface area contributed by atoms with Gasteiger partial charge in [0.25, 0.3) is 0 Å². The Morgan fingerprint density at radius 2 is 1.80 bits per heavy atom. The maximum atomic E-state index is 13.3. The summed E-state index contributed by atoms with van der Waals surface area (Å²) in [6.45, 7) is 0.445. The third-order valence-corrected chi connectivity index (χ3v) is 3.93. The van der Waals surface area contributed by atoms with Crippen LogP contribution in [0.1, 0.15) is 22.3 Å². The van der Waals surface area contributed by atoms with Crippen molar-refractivity contribution in [2.75, 3.05) is 0 Å². The van der Waals surface area contributed by atoms with E-state index in [0.717, 1.165) is 18.4 Å². The van der Waals surface area contributed by atoms with Crippen LogP contribution in [0.25, 0.3) is 0 Å². The zero-order valence-electron chi connectivity index (χ0n) is 11.3. The van der Waals surface area contributed by atoms with Crippen molar-refractivity contribution in [2.45, 2.75) is 32.0 Å². The standard InChI is InChI=1S/C17H18FNO/c18-17-6-5-12(7-15(17)11-20)10-19-16-8-13-3-1-2-4-14(13)9-16/h1-7,16,19-20H,8-11H2. The van der Waals surface area contributed by atoms with Gasteiger partial charge in [-0.1, -0.05) is 30.3 Å². The average molecular weight is 271 g/mol. The lowest BCUT2D eigenvalue weighted by molar-refractivity contribution is 0.275. The van der Waals surface area contributed by atoms with E-state index in [-0.39, 0.29) is 12.4 Å². The second-order valence-corrected chi connectivity index (χ2v) is 5.34. The Balaban J connectivity index is 1.61. The summed E-state index contributed by atoms with van der Waals surface area (Å²) < 4.78 is 13.3. The molecule has 2 nitrogen and oxygen atoms in total. The maximum Gasteiger partial charge on any atom is 0.128 e. The molecule has 2 N–H and O–H groups in total. The highest BCUT2D eigenvalue weighted by Gasteiger charge is 2.20. The fourth-order valence-corrected chi connectivity index (χ4v) is 2.82. The lowest BCUT2D eigenvalue weighted by Crippen LogP contribution is -2.29. The molecule has 0 radical (unpaired) electrons. The van der Waals surface area contributed by atoms with Crippen molar-refractivity contribution in [3.8, 4) is 0 Å². The molecule has 3 heteroatoms. The van der Waals surface area contributed by atoms with Gasteiger partial charge in [0.2, 0.25) is 0 Å². The van der Waals surface area contributed by atoms with E-state index in [1.54, 1.807) is 12.1 Å². The second kappa shape index (κ2) is 5.73. The Morgan fingerprint density at radius 1 is 1.10 bits per heavy atom. The summed E-state index contributed by atoms with van der Waals surface area (Å²) in [4.78, 5) is 0. The molecule has 0 unspecified atom stereocenters. The van der Waals surface area contributed by atoms with Crippen LogP contribution in [0, 0.1) is 5.82 Å². The van der Waals surface area contributed by atoms with Crippen LogP contribution in [0.3, 0.4) is 0 Å². The first-order valence-corrected chi connectivity index (χ1v) is 6.94. The highest BCUT2D eigenvalue weighted by molar-refractivity contribution is 5.33. The van der Waals surface area contributed by atoms with Gasteiger partial charge in [0, 0.05) is 18.2 Å². The maximum absolute atomic E-state index is 13.3. The molecule has 0 amide bonds. The first-order chi connectivity index (χ1) is 9.76. The Labute approximate surface area is 118 Å². The summed E-state index contributed by atoms with van der Waals surface area (Å²) in [6, 6.07) is 13.9. The third kappa shape index (κ3) is 2.74. The zero-order chi connectivity index (χ0) is 13.9. The van der Waals surface area contributed by atoms with Gasteiger partial charge in [-0.05, 0) is 41.7 Å². The molecule has 20 heavy (non-hydrogen) atoms. The van der Waals surface area contributed by atoms with Crippen LogP contribution in [0.15, 0.2) is 42.5 Å². The fourth-order valence-electron chi connectivity index (χ4n) is 2.82. The van der Waals surface area contributed by atoms with Crippen LogP contribution in [-0.2, 0) is 26.0 Å². The van der Waals surface area contributed by atoms with Gasteiger partial charge in [0.1, 0.15) is 5.82 Å². The van der Waals surface area contributed by atoms with E-state index in [2.05, 4.69) is 29.6 Å². The van der Waals surface area contributed by atoms with Gasteiger partial charge in [-0.25, -0.2) is 4.39 Å². The molecule has 2 aromatic carbocycles. The Bertz CT molecular complexity index is 587. The minimum Gasteiger partial charge on any atom is -0.392 e. The second-order valence-electron chi connectivity index (χ2n) is 5.34. The van der Waals surface area contributed by atoms with Gasteiger partial charge in [0.15, 0.2) is 0 Å². The molecule has 104 valence electrons. The number of hydrogen-bond acceptors (Lipinski definition) is 2. The van der Waals surface area contributed by atoms with Crippen LogP contribution >= 0.6 is 0 Å². The number of aliphatic hydroxyl groups is 1. The van der Waals surface area contributed by atoms with Crippen molar-refractivity contribution >= 4 is 0 Å². The summed E-state index contributed by atoms with van der Waals surface area (Å²) in [5.41, 5.74) is 4.20. The summed E-state index contributed by atoms with van der Waals surface area (Å²) >= 11 is 0. The normalized spacial score (nSPS) is 14.5. The summed E-state index contributed by atoms with van der Waals surface area (Å²) in [7, 11) is 0. The van der Waals surface area contributed by atoms with Crippen molar-refractivity contribution in [3.63, 3.8) is 0 Å². The smallest absolute Gasteiger partial charge is 0.128 e. The van der Waals surface area contributed by atoms with Crippen molar-refractivity contribution in [3.05, 3.63) is 70.5 Å². The number of halogens is 1. The summed E-state index contributed by atoms with van der Waals surface area (Å²) in [6.07, 6.45) is 2.09. The molecule has 0 aromatic heterocycles. The number of hydrogen-bond donors (Lipinski definition) is 2. The molecular formula is C17H18FNO. The van der Waals surface area contributed by atoms with Crippen molar-refractivity contribution in [1.29, 1.82) is 0 Å². The molecule has 3 rings (SSSR count).